The molecule has 0 spiro atoms. The van der Waals surface area contributed by atoms with Crippen LogP contribution in [0.3, 0.4) is 0 Å². The van der Waals surface area contributed by atoms with Crippen LogP contribution >= 0.6 is 11.8 Å². The minimum Gasteiger partial charge on any atom is -0.349 e. The predicted molar refractivity (Wildman–Crippen MR) is 78.2 cm³/mol. The molecule has 1 aliphatic carbocycles. The summed E-state index contributed by atoms with van der Waals surface area (Å²) < 4.78 is 13.6. The van der Waals surface area contributed by atoms with Gasteiger partial charge in [0.05, 0.1) is 5.56 Å². The lowest BCUT2D eigenvalue weighted by Crippen LogP contribution is -2.38. The molecule has 1 N–H and O–H groups in total. The van der Waals surface area contributed by atoms with E-state index in [0.29, 0.717) is 5.25 Å². The van der Waals surface area contributed by atoms with Gasteiger partial charge in [0.25, 0.3) is 5.91 Å². The number of aryl methyl sites for hydroxylation is 1. The summed E-state index contributed by atoms with van der Waals surface area (Å²) in [5.41, 5.74) is 1.06. The van der Waals surface area contributed by atoms with Gasteiger partial charge >= 0.3 is 0 Å². The van der Waals surface area contributed by atoms with E-state index in [4.69, 9.17) is 0 Å². The van der Waals surface area contributed by atoms with Gasteiger partial charge in [-0.25, -0.2) is 4.39 Å². The van der Waals surface area contributed by atoms with E-state index < -0.39 is 5.82 Å². The van der Waals surface area contributed by atoms with Crippen molar-refractivity contribution in [3.8, 4) is 0 Å². The van der Waals surface area contributed by atoms with Crippen molar-refractivity contribution in [2.75, 3.05) is 6.26 Å². The maximum absolute atomic E-state index is 13.6. The topological polar surface area (TPSA) is 29.1 Å². The van der Waals surface area contributed by atoms with Crippen LogP contribution in [0.15, 0.2) is 18.2 Å². The summed E-state index contributed by atoms with van der Waals surface area (Å²) in [6.07, 6.45) is 6.37. The number of amides is 1. The Kier molecular flexibility index (Phi) is 4.86. The first-order valence-corrected chi connectivity index (χ1v) is 7.98. The van der Waals surface area contributed by atoms with E-state index >= 15 is 0 Å². The molecule has 1 amide bonds. The Morgan fingerprint density at radius 1 is 1.32 bits per heavy atom. The Morgan fingerprint density at radius 3 is 2.63 bits per heavy atom. The molecule has 1 aromatic carbocycles. The van der Waals surface area contributed by atoms with Crippen LogP contribution < -0.4 is 5.32 Å². The quantitative estimate of drug-likeness (QED) is 0.918. The third-order valence-corrected chi connectivity index (χ3v) is 4.85. The third-order valence-electron chi connectivity index (χ3n) is 3.71. The molecule has 0 atom stereocenters. The van der Waals surface area contributed by atoms with Gasteiger partial charge in [0.1, 0.15) is 5.82 Å². The zero-order valence-corrected chi connectivity index (χ0v) is 12.2. The molecule has 1 fully saturated rings. The molecule has 0 bridgehead atoms. The average molecular weight is 281 g/mol. The van der Waals surface area contributed by atoms with E-state index in [9.17, 15) is 9.18 Å². The van der Waals surface area contributed by atoms with E-state index in [1.807, 2.05) is 18.7 Å². The Balaban J connectivity index is 1.96. The van der Waals surface area contributed by atoms with Crippen LogP contribution in [0.25, 0.3) is 0 Å². The Morgan fingerprint density at radius 2 is 2.00 bits per heavy atom. The number of hydrogen-bond acceptors (Lipinski definition) is 2. The minimum atomic E-state index is -0.444. The van der Waals surface area contributed by atoms with Crippen LogP contribution in [-0.4, -0.2) is 23.5 Å². The van der Waals surface area contributed by atoms with Crippen molar-refractivity contribution in [3.63, 3.8) is 0 Å². The molecule has 19 heavy (non-hydrogen) atoms. The second-order valence-electron chi connectivity index (χ2n) is 5.17. The number of nitrogens with one attached hydrogen (secondary N) is 1. The monoisotopic (exact) mass is 281 g/mol. The highest BCUT2D eigenvalue weighted by Crippen LogP contribution is 2.27. The predicted octanol–water partition coefficient (Wildman–Crippen LogP) is 3.54. The fraction of sp³-hybridized carbons (Fsp3) is 0.533. The summed E-state index contributed by atoms with van der Waals surface area (Å²) in [6, 6.07) is 4.83. The normalized spacial score (nSPS) is 23.1. The molecule has 0 aliphatic heterocycles. The fourth-order valence-electron chi connectivity index (χ4n) is 2.52. The lowest BCUT2D eigenvalue weighted by Gasteiger charge is -2.28. The van der Waals surface area contributed by atoms with Crippen molar-refractivity contribution >= 4 is 17.7 Å². The highest BCUT2D eigenvalue weighted by molar-refractivity contribution is 7.99. The summed E-state index contributed by atoms with van der Waals surface area (Å²) in [6.45, 7) is 1.86. The van der Waals surface area contributed by atoms with Gasteiger partial charge in [-0.1, -0.05) is 11.6 Å². The summed E-state index contributed by atoms with van der Waals surface area (Å²) in [4.78, 5) is 12.1. The molecule has 104 valence electrons. The minimum absolute atomic E-state index is 0.159. The van der Waals surface area contributed by atoms with E-state index in [2.05, 4.69) is 11.6 Å². The third kappa shape index (κ3) is 3.72. The van der Waals surface area contributed by atoms with Gasteiger partial charge < -0.3 is 5.32 Å². The molecule has 1 aliphatic rings. The molecule has 0 saturated heterocycles. The second kappa shape index (κ2) is 6.42. The highest BCUT2D eigenvalue weighted by atomic mass is 32.2. The first kappa shape index (κ1) is 14.4. The Bertz CT molecular complexity index is 455. The maximum Gasteiger partial charge on any atom is 0.254 e. The zero-order valence-electron chi connectivity index (χ0n) is 11.4. The molecule has 1 aromatic rings. The van der Waals surface area contributed by atoms with Gasteiger partial charge in [-0.05, 0) is 51.0 Å². The fourth-order valence-corrected chi connectivity index (χ4v) is 3.26. The molecule has 0 heterocycles. The van der Waals surface area contributed by atoms with Gasteiger partial charge in [0.2, 0.25) is 0 Å². The molecule has 2 rings (SSSR count). The number of carbonyl (C=O) groups is 1. The van der Waals surface area contributed by atoms with Crippen LogP contribution in [-0.2, 0) is 0 Å². The van der Waals surface area contributed by atoms with Crippen LogP contribution in [0.1, 0.15) is 41.6 Å². The summed E-state index contributed by atoms with van der Waals surface area (Å²) in [5, 5.41) is 3.67. The van der Waals surface area contributed by atoms with Crippen LogP contribution in [0.2, 0.25) is 0 Å². The lowest BCUT2D eigenvalue weighted by atomic mass is 9.94. The van der Waals surface area contributed by atoms with E-state index in [1.165, 1.54) is 6.07 Å². The molecule has 2 nitrogen and oxygen atoms in total. The first-order chi connectivity index (χ1) is 9.10. The summed E-state index contributed by atoms with van der Waals surface area (Å²) in [7, 11) is 0. The van der Waals surface area contributed by atoms with Gasteiger partial charge in [-0.3, -0.25) is 4.79 Å². The lowest BCUT2D eigenvalue weighted by molar-refractivity contribution is 0.0924. The van der Waals surface area contributed by atoms with Crippen molar-refractivity contribution in [2.24, 2.45) is 0 Å². The SMILES string of the molecule is CSC1CCC(NC(=O)c2cc(C)ccc2F)CC1. The number of benzene rings is 1. The van der Waals surface area contributed by atoms with E-state index in [0.717, 1.165) is 31.2 Å². The molecule has 4 heteroatoms. The zero-order chi connectivity index (χ0) is 13.8. The molecular formula is C15H20FNOS. The van der Waals surface area contributed by atoms with Crippen LogP contribution in [0.5, 0.6) is 0 Å². The van der Waals surface area contributed by atoms with Gasteiger partial charge in [0, 0.05) is 11.3 Å². The maximum atomic E-state index is 13.6. The standard InChI is InChI=1S/C15H20FNOS/c1-10-3-8-14(16)13(9-10)15(18)17-11-4-6-12(19-2)7-5-11/h3,8-9,11-12H,4-7H2,1-2H3,(H,17,18). The Hall–Kier alpha value is -1.03. The second-order valence-corrected chi connectivity index (χ2v) is 6.30. The number of rotatable bonds is 3. The molecule has 1 saturated carbocycles. The Labute approximate surface area is 118 Å². The van der Waals surface area contributed by atoms with Gasteiger partial charge in [-0.2, -0.15) is 11.8 Å². The first-order valence-electron chi connectivity index (χ1n) is 6.70. The summed E-state index contributed by atoms with van der Waals surface area (Å²) in [5.74, 6) is -0.727. The molecular weight excluding hydrogens is 261 g/mol. The number of hydrogen-bond donors (Lipinski definition) is 1. The van der Waals surface area contributed by atoms with Crippen molar-refractivity contribution < 1.29 is 9.18 Å². The van der Waals surface area contributed by atoms with E-state index in [-0.39, 0.29) is 17.5 Å². The number of thioether (sulfide) groups is 1. The molecule has 0 radical (unpaired) electrons. The van der Waals surface area contributed by atoms with Crippen molar-refractivity contribution in [1.82, 2.24) is 5.32 Å². The van der Waals surface area contributed by atoms with Crippen molar-refractivity contribution in [1.29, 1.82) is 0 Å². The molecule has 0 aromatic heterocycles. The van der Waals surface area contributed by atoms with Crippen LogP contribution in [0, 0.1) is 12.7 Å². The smallest absolute Gasteiger partial charge is 0.254 e. The van der Waals surface area contributed by atoms with Crippen molar-refractivity contribution in [3.05, 3.63) is 35.1 Å². The largest absolute Gasteiger partial charge is 0.349 e. The van der Waals surface area contributed by atoms with E-state index in [1.54, 1.807) is 12.1 Å². The number of halogens is 1. The van der Waals surface area contributed by atoms with Crippen molar-refractivity contribution in [2.45, 2.75) is 43.9 Å². The van der Waals surface area contributed by atoms with Crippen LogP contribution in [0.4, 0.5) is 4.39 Å². The average Bonchev–Trinajstić information content (AvgIpc) is 2.42. The highest BCUT2D eigenvalue weighted by Gasteiger charge is 2.23. The van der Waals surface area contributed by atoms with Gasteiger partial charge in [0.15, 0.2) is 0 Å². The summed E-state index contributed by atoms with van der Waals surface area (Å²) >= 11 is 1.89. The van der Waals surface area contributed by atoms with Gasteiger partial charge in [-0.15, -0.1) is 0 Å². The number of carbonyl (C=O) groups excluding carboxylic acids is 1. The molecule has 0 unspecified atom stereocenters.